The highest BCUT2D eigenvalue weighted by atomic mass is 19.1. The molecule has 0 unspecified atom stereocenters. The molecular formula is C11H16FN3O. The van der Waals surface area contributed by atoms with Gasteiger partial charge in [-0.05, 0) is 19.1 Å². The van der Waals surface area contributed by atoms with E-state index in [1.165, 1.54) is 17.1 Å². The fraction of sp³-hybridized carbons (Fsp3) is 0.364. The second-order valence-electron chi connectivity index (χ2n) is 3.53. The Balaban J connectivity index is 3.02. The minimum absolute atomic E-state index is 0.240. The average Bonchev–Trinajstić information content (AvgIpc) is 2.20. The van der Waals surface area contributed by atoms with Gasteiger partial charge in [-0.1, -0.05) is 6.07 Å². The summed E-state index contributed by atoms with van der Waals surface area (Å²) < 4.78 is 13.5. The van der Waals surface area contributed by atoms with Crippen molar-refractivity contribution < 1.29 is 9.18 Å². The van der Waals surface area contributed by atoms with Gasteiger partial charge in [0.2, 0.25) is 0 Å². The lowest BCUT2D eigenvalue weighted by Gasteiger charge is -2.15. The van der Waals surface area contributed by atoms with Crippen molar-refractivity contribution in [2.24, 2.45) is 0 Å². The first-order valence-corrected chi connectivity index (χ1v) is 5.07. The largest absolute Gasteiger partial charge is 0.382 e. The minimum Gasteiger partial charge on any atom is -0.382 e. The van der Waals surface area contributed by atoms with E-state index in [1.807, 2.05) is 6.92 Å². The number of hydrazine groups is 1. The van der Waals surface area contributed by atoms with Gasteiger partial charge in [0.1, 0.15) is 5.82 Å². The van der Waals surface area contributed by atoms with Crippen molar-refractivity contribution in [3.05, 3.63) is 29.6 Å². The highest BCUT2D eigenvalue weighted by Gasteiger charge is 2.14. The third-order valence-corrected chi connectivity index (χ3v) is 1.94. The van der Waals surface area contributed by atoms with E-state index in [4.69, 9.17) is 0 Å². The first-order chi connectivity index (χ1) is 7.56. The van der Waals surface area contributed by atoms with Crippen LogP contribution in [0.1, 0.15) is 17.3 Å². The Morgan fingerprint density at radius 3 is 2.69 bits per heavy atom. The molecule has 0 saturated carbocycles. The second-order valence-corrected chi connectivity index (χ2v) is 3.53. The zero-order valence-corrected chi connectivity index (χ0v) is 9.67. The van der Waals surface area contributed by atoms with Gasteiger partial charge in [0.25, 0.3) is 5.91 Å². The van der Waals surface area contributed by atoms with E-state index in [1.54, 1.807) is 20.2 Å². The van der Waals surface area contributed by atoms with Crippen LogP contribution in [-0.4, -0.2) is 31.6 Å². The number of para-hydroxylation sites is 1. The van der Waals surface area contributed by atoms with Gasteiger partial charge in [-0.3, -0.25) is 10.2 Å². The molecule has 0 spiro atoms. The summed E-state index contributed by atoms with van der Waals surface area (Å²) in [7, 11) is 3.40. The van der Waals surface area contributed by atoms with Gasteiger partial charge in [-0.2, -0.15) is 0 Å². The summed E-state index contributed by atoms with van der Waals surface area (Å²) in [6.45, 7) is 2.41. The summed E-state index contributed by atoms with van der Waals surface area (Å²) in [5.74, 6) is -0.756. The van der Waals surface area contributed by atoms with Crippen LogP contribution in [-0.2, 0) is 0 Å². The van der Waals surface area contributed by atoms with Crippen LogP contribution in [0.4, 0.5) is 10.1 Å². The van der Waals surface area contributed by atoms with Gasteiger partial charge in [0.05, 0.1) is 11.3 Å². The van der Waals surface area contributed by atoms with Gasteiger partial charge in [0.15, 0.2) is 0 Å². The van der Waals surface area contributed by atoms with Crippen LogP contribution in [0.5, 0.6) is 0 Å². The van der Waals surface area contributed by atoms with E-state index >= 15 is 0 Å². The lowest BCUT2D eigenvalue weighted by molar-refractivity contribution is 0.0857. The summed E-state index contributed by atoms with van der Waals surface area (Å²) in [6.07, 6.45) is 0. The number of hydrogen-bond acceptors (Lipinski definition) is 3. The number of nitrogens with one attached hydrogen (secondary N) is 2. The first kappa shape index (κ1) is 12.4. The zero-order chi connectivity index (χ0) is 12.1. The van der Waals surface area contributed by atoms with Crippen LogP contribution in [0.15, 0.2) is 18.2 Å². The SMILES string of the molecule is CCNc1c(F)cccc1C(=O)NN(C)C. The number of benzene rings is 1. The van der Waals surface area contributed by atoms with E-state index < -0.39 is 5.82 Å². The monoisotopic (exact) mass is 225 g/mol. The maximum absolute atomic E-state index is 13.5. The van der Waals surface area contributed by atoms with E-state index in [0.717, 1.165) is 0 Å². The maximum Gasteiger partial charge on any atom is 0.267 e. The Bertz CT molecular complexity index is 379. The Morgan fingerprint density at radius 2 is 2.12 bits per heavy atom. The molecule has 0 heterocycles. The Hall–Kier alpha value is -1.62. The number of amides is 1. The fourth-order valence-electron chi connectivity index (χ4n) is 1.33. The molecule has 0 bridgehead atoms. The third-order valence-electron chi connectivity index (χ3n) is 1.94. The van der Waals surface area contributed by atoms with Gasteiger partial charge >= 0.3 is 0 Å². The molecule has 0 aliphatic rings. The first-order valence-electron chi connectivity index (χ1n) is 5.07. The van der Waals surface area contributed by atoms with Crippen molar-refractivity contribution in [3.63, 3.8) is 0 Å². The molecule has 0 fully saturated rings. The highest BCUT2D eigenvalue weighted by molar-refractivity contribution is 5.99. The van der Waals surface area contributed by atoms with Crippen LogP contribution in [0.25, 0.3) is 0 Å². The lowest BCUT2D eigenvalue weighted by atomic mass is 10.1. The molecule has 0 radical (unpaired) electrons. The number of nitrogens with zero attached hydrogens (tertiary/aromatic N) is 1. The topological polar surface area (TPSA) is 44.4 Å². The van der Waals surface area contributed by atoms with E-state index in [-0.39, 0.29) is 11.6 Å². The van der Waals surface area contributed by atoms with Crippen LogP contribution in [0, 0.1) is 5.82 Å². The van der Waals surface area contributed by atoms with Gasteiger partial charge < -0.3 is 5.32 Å². The van der Waals surface area contributed by atoms with Crippen molar-refractivity contribution in [1.29, 1.82) is 0 Å². The number of carbonyl (C=O) groups is 1. The Kier molecular flexibility index (Phi) is 4.25. The van der Waals surface area contributed by atoms with Crippen LogP contribution in [0.2, 0.25) is 0 Å². The average molecular weight is 225 g/mol. The lowest BCUT2D eigenvalue weighted by Crippen LogP contribution is -2.36. The van der Waals surface area contributed by atoms with Crippen LogP contribution in [0.3, 0.4) is 0 Å². The molecule has 16 heavy (non-hydrogen) atoms. The summed E-state index contributed by atoms with van der Waals surface area (Å²) in [5, 5.41) is 4.36. The molecule has 0 aromatic heterocycles. The van der Waals surface area contributed by atoms with Crippen molar-refractivity contribution >= 4 is 11.6 Å². The zero-order valence-electron chi connectivity index (χ0n) is 9.67. The van der Waals surface area contributed by atoms with Crippen molar-refractivity contribution in [2.45, 2.75) is 6.92 Å². The second kappa shape index (κ2) is 5.46. The molecule has 1 aromatic carbocycles. The molecule has 5 heteroatoms. The molecule has 0 saturated heterocycles. The summed E-state index contributed by atoms with van der Waals surface area (Å²) >= 11 is 0. The molecule has 1 aromatic rings. The van der Waals surface area contributed by atoms with E-state index in [2.05, 4.69) is 10.7 Å². The van der Waals surface area contributed by atoms with Crippen molar-refractivity contribution in [3.8, 4) is 0 Å². The van der Waals surface area contributed by atoms with Gasteiger partial charge in [-0.15, -0.1) is 0 Å². The van der Waals surface area contributed by atoms with E-state index in [9.17, 15) is 9.18 Å². The van der Waals surface area contributed by atoms with E-state index in [0.29, 0.717) is 12.1 Å². The summed E-state index contributed by atoms with van der Waals surface area (Å²) in [4.78, 5) is 11.7. The number of carbonyl (C=O) groups excluding carboxylic acids is 1. The highest BCUT2D eigenvalue weighted by Crippen LogP contribution is 2.19. The standard InChI is InChI=1S/C11H16FN3O/c1-4-13-10-8(6-5-7-9(10)12)11(16)14-15(2)3/h5-7,13H,4H2,1-3H3,(H,14,16). The summed E-state index contributed by atoms with van der Waals surface area (Å²) in [5.41, 5.74) is 3.11. The molecule has 4 nitrogen and oxygen atoms in total. The molecule has 88 valence electrons. The maximum atomic E-state index is 13.5. The van der Waals surface area contributed by atoms with Crippen molar-refractivity contribution in [1.82, 2.24) is 10.4 Å². The number of anilines is 1. The molecule has 0 atom stereocenters. The Labute approximate surface area is 94.4 Å². The Morgan fingerprint density at radius 1 is 1.44 bits per heavy atom. The number of halogens is 1. The quantitative estimate of drug-likeness (QED) is 0.762. The smallest absolute Gasteiger partial charge is 0.267 e. The van der Waals surface area contributed by atoms with Gasteiger partial charge in [0, 0.05) is 20.6 Å². The molecule has 1 amide bonds. The van der Waals surface area contributed by atoms with Gasteiger partial charge in [-0.25, -0.2) is 9.40 Å². The number of rotatable bonds is 4. The van der Waals surface area contributed by atoms with Crippen molar-refractivity contribution in [2.75, 3.05) is 26.0 Å². The molecular weight excluding hydrogens is 209 g/mol. The van der Waals surface area contributed by atoms with Crippen LogP contribution >= 0.6 is 0 Å². The third kappa shape index (κ3) is 2.93. The normalized spacial score (nSPS) is 10.3. The van der Waals surface area contributed by atoms with Crippen LogP contribution < -0.4 is 10.7 Å². The molecule has 2 N–H and O–H groups in total. The summed E-state index contributed by atoms with van der Waals surface area (Å²) in [6, 6.07) is 4.42. The molecule has 0 aliphatic heterocycles. The number of hydrogen-bond donors (Lipinski definition) is 2. The molecule has 1 rings (SSSR count). The predicted octanol–water partition coefficient (Wildman–Crippen LogP) is 1.46. The molecule has 0 aliphatic carbocycles. The minimum atomic E-state index is -0.423. The predicted molar refractivity (Wildman–Crippen MR) is 61.7 cm³/mol. The fourth-order valence-corrected chi connectivity index (χ4v) is 1.33.